The number of piperidine rings is 1. The van der Waals surface area contributed by atoms with Crippen molar-refractivity contribution in [1.29, 1.82) is 0 Å². The lowest BCUT2D eigenvalue weighted by atomic mass is 9.94. The van der Waals surface area contributed by atoms with Gasteiger partial charge in [0, 0.05) is 31.5 Å². The Morgan fingerprint density at radius 3 is 2.12 bits per heavy atom. The predicted octanol–water partition coefficient (Wildman–Crippen LogP) is 3.31. The molecule has 1 aromatic rings. The third-order valence-electron chi connectivity index (χ3n) is 6.08. The van der Waals surface area contributed by atoms with E-state index in [1.807, 2.05) is 4.90 Å². The van der Waals surface area contributed by atoms with Crippen molar-refractivity contribution in [3.8, 4) is 0 Å². The minimum Gasteiger partial charge on any atom is -0.342 e. The van der Waals surface area contributed by atoms with Gasteiger partial charge in [0.05, 0.1) is 6.04 Å². The molecule has 25 heavy (non-hydrogen) atoms. The second kappa shape index (κ2) is 6.81. The number of carbonyl (C=O) groups excluding carboxylic acids is 2. The maximum Gasteiger partial charge on any atom is 0.226 e. The van der Waals surface area contributed by atoms with Crippen LogP contribution in [0, 0.1) is 18.8 Å². The number of carbonyl (C=O) groups is 2. The van der Waals surface area contributed by atoms with Gasteiger partial charge in [-0.05, 0) is 51.0 Å². The zero-order chi connectivity index (χ0) is 17.4. The van der Waals surface area contributed by atoms with Crippen LogP contribution < -0.4 is 0 Å². The Labute approximate surface area is 150 Å². The highest BCUT2D eigenvalue weighted by molar-refractivity contribution is 5.82. The molecule has 2 heterocycles. The first-order valence-corrected chi connectivity index (χ1v) is 9.79. The number of nitrogens with zero attached hydrogens (tertiary/aromatic N) is 2. The average molecular weight is 340 g/mol. The third kappa shape index (κ3) is 3.44. The van der Waals surface area contributed by atoms with Crippen molar-refractivity contribution >= 4 is 11.8 Å². The highest BCUT2D eigenvalue weighted by atomic mass is 16.2. The van der Waals surface area contributed by atoms with Gasteiger partial charge in [-0.2, -0.15) is 0 Å². The summed E-state index contributed by atoms with van der Waals surface area (Å²) >= 11 is 0. The van der Waals surface area contributed by atoms with E-state index in [-0.39, 0.29) is 17.9 Å². The van der Waals surface area contributed by atoms with E-state index in [9.17, 15) is 9.59 Å². The van der Waals surface area contributed by atoms with E-state index < -0.39 is 0 Å². The molecule has 2 aliphatic heterocycles. The maximum atomic E-state index is 13.1. The lowest BCUT2D eigenvalue weighted by molar-refractivity contribution is -0.142. The Kier molecular flexibility index (Phi) is 4.53. The molecule has 0 radical (unpaired) electrons. The molecule has 1 aromatic carbocycles. The number of hydrogen-bond acceptors (Lipinski definition) is 2. The molecule has 134 valence electrons. The van der Waals surface area contributed by atoms with Crippen LogP contribution in [-0.2, 0) is 9.59 Å². The molecule has 1 aliphatic carbocycles. The van der Waals surface area contributed by atoms with Crippen LogP contribution in [0.4, 0.5) is 0 Å². The average Bonchev–Trinajstić information content (AvgIpc) is 3.38. The van der Waals surface area contributed by atoms with Gasteiger partial charge in [0.15, 0.2) is 0 Å². The molecule has 1 unspecified atom stereocenters. The van der Waals surface area contributed by atoms with Crippen LogP contribution in [0.25, 0.3) is 0 Å². The van der Waals surface area contributed by atoms with Crippen molar-refractivity contribution in [2.24, 2.45) is 11.8 Å². The molecular weight excluding hydrogens is 312 g/mol. The Morgan fingerprint density at radius 1 is 0.840 bits per heavy atom. The van der Waals surface area contributed by atoms with E-state index in [0.29, 0.717) is 11.8 Å². The standard InChI is InChI=1S/C21H28N2O2/c1-15-4-6-16(7-5-15)19-3-2-12-23(19)21(25)18-10-13-22(14-11-18)20(24)17-8-9-17/h4-7,17-19H,2-3,8-14H2,1H3. The fraction of sp³-hybridized carbons (Fsp3) is 0.619. The molecule has 4 nitrogen and oxygen atoms in total. The predicted molar refractivity (Wildman–Crippen MR) is 96.9 cm³/mol. The molecule has 4 heteroatoms. The molecule has 4 rings (SSSR count). The Bertz CT molecular complexity index is 642. The van der Waals surface area contributed by atoms with Gasteiger partial charge in [0.25, 0.3) is 0 Å². The number of likely N-dealkylation sites (tertiary alicyclic amines) is 2. The molecule has 1 saturated carbocycles. The minimum atomic E-state index is 0.0919. The van der Waals surface area contributed by atoms with Crippen LogP contribution in [0.2, 0.25) is 0 Å². The van der Waals surface area contributed by atoms with Crippen LogP contribution in [0.15, 0.2) is 24.3 Å². The Balaban J connectivity index is 1.38. The normalized spacial score (nSPS) is 24.6. The summed E-state index contributed by atoms with van der Waals surface area (Å²) in [5.74, 6) is 1.01. The van der Waals surface area contributed by atoms with Crippen molar-refractivity contribution in [2.75, 3.05) is 19.6 Å². The smallest absolute Gasteiger partial charge is 0.226 e. The fourth-order valence-corrected chi connectivity index (χ4v) is 4.34. The third-order valence-corrected chi connectivity index (χ3v) is 6.08. The summed E-state index contributed by atoms with van der Waals surface area (Å²) in [5.41, 5.74) is 2.52. The van der Waals surface area contributed by atoms with Gasteiger partial charge >= 0.3 is 0 Å². The Morgan fingerprint density at radius 2 is 1.48 bits per heavy atom. The highest BCUT2D eigenvalue weighted by Gasteiger charge is 2.38. The van der Waals surface area contributed by atoms with Crippen LogP contribution >= 0.6 is 0 Å². The lowest BCUT2D eigenvalue weighted by Gasteiger charge is -2.35. The van der Waals surface area contributed by atoms with E-state index in [2.05, 4.69) is 36.1 Å². The van der Waals surface area contributed by atoms with E-state index in [0.717, 1.165) is 58.2 Å². The SMILES string of the molecule is Cc1ccc(C2CCCN2C(=O)C2CCN(C(=O)C3CC3)CC2)cc1. The summed E-state index contributed by atoms with van der Waals surface area (Å²) in [7, 11) is 0. The van der Waals surface area contributed by atoms with Crippen molar-refractivity contribution in [3.05, 3.63) is 35.4 Å². The summed E-state index contributed by atoms with van der Waals surface area (Å²) in [6, 6.07) is 8.85. The van der Waals surface area contributed by atoms with Gasteiger partial charge in [-0.15, -0.1) is 0 Å². The largest absolute Gasteiger partial charge is 0.342 e. The van der Waals surface area contributed by atoms with Gasteiger partial charge in [-0.25, -0.2) is 0 Å². The zero-order valence-electron chi connectivity index (χ0n) is 15.1. The summed E-state index contributed by atoms with van der Waals surface area (Å²) in [6.45, 7) is 4.49. The van der Waals surface area contributed by atoms with Crippen LogP contribution in [0.3, 0.4) is 0 Å². The van der Waals surface area contributed by atoms with Gasteiger partial charge in [-0.1, -0.05) is 29.8 Å². The molecule has 0 N–H and O–H groups in total. The van der Waals surface area contributed by atoms with Crippen LogP contribution in [-0.4, -0.2) is 41.2 Å². The molecule has 0 bridgehead atoms. The second-order valence-electron chi connectivity index (χ2n) is 7.97. The second-order valence-corrected chi connectivity index (χ2v) is 7.97. The molecule has 3 aliphatic rings. The fourth-order valence-electron chi connectivity index (χ4n) is 4.34. The first-order valence-electron chi connectivity index (χ1n) is 9.79. The van der Waals surface area contributed by atoms with Crippen LogP contribution in [0.5, 0.6) is 0 Å². The summed E-state index contributed by atoms with van der Waals surface area (Å²) in [6.07, 6.45) is 5.92. The van der Waals surface area contributed by atoms with E-state index >= 15 is 0 Å². The van der Waals surface area contributed by atoms with Crippen molar-refractivity contribution in [2.45, 2.75) is 51.5 Å². The van der Waals surface area contributed by atoms with Gasteiger partial charge < -0.3 is 9.80 Å². The lowest BCUT2D eigenvalue weighted by Crippen LogP contribution is -2.44. The van der Waals surface area contributed by atoms with Crippen molar-refractivity contribution < 1.29 is 9.59 Å². The number of rotatable bonds is 3. The molecule has 3 fully saturated rings. The van der Waals surface area contributed by atoms with Gasteiger partial charge in [0.1, 0.15) is 0 Å². The summed E-state index contributed by atoms with van der Waals surface area (Å²) < 4.78 is 0. The van der Waals surface area contributed by atoms with Gasteiger partial charge in [-0.3, -0.25) is 9.59 Å². The van der Waals surface area contributed by atoms with E-state index in [1.165, 1.54) is 11.1 Å². The van der Waals surface area contributed by atoms with E-state index in [4.69, 9.17) is 0 Å². The number of benzene rings is 1. The molecular formula is C21H28N2O2. The van der Waals surface area contributed by atoms with Crippen molar-refractivity contribution in [1.82, 2.24) is 9.80 Å². The molecule has 1 atom stereocenters. The number of aryl methyl sites for hydroxylation is 1. The molecule has 0 aromatic heterocycles. The first-order chi connectivity index (χ1) is 12.1. The first kappa shape index (κ1) is 16.6. The monoisotopic (exact) mass is 340 g/mol. The highest BCUT2D eigenvalue weighted by Crippen LogP contribution is 2.36. The molecule has 0 spiro atoms. The van der Waals surface area contributed by atoms with Crippen molar-refractivity contribution in [3.63, 3.8) is 0 Å². The van der Waals surface area contributed by atoms with E-state index in [1.54, 1.807) is 0 Å². The summed E-state index contributed by atoms with van der Waals surface area (Å²) in [5, 5.41) is 0. The molecule has 2 saturated heterocycles. The molecule has 2 amide bonds. The summed E-state index contributed by atoms with van der Waals surface area (Å²) in [4.78, 5) is 29.4. The van der Waals surface area contributed by atoms with Crippen LogP contribution in [0.1, 0.15) is 55.7 Å². The minimum absolute atomic E-state index is 0.0919. The number of amides is 2. The maximum absolute atomic E-state index is 13.1. The van der Waals surface area contributed by atoms with Gasteiger partial charge in [0.2, 0.25) is 11.8 Å². The zero-order valence-corrected chi connectivity index (χ0v) is 15.1. The topological polar surface area (TPSA) is 40.6 Å². The Hall–Kier alpha value is -1.84. The quantitative estimate of drug-likeness (QED) is 0.847. The number of hydrogen-bond donors (Lipinski definition) is 0.